The molecule has 1 rings (SSSR count). The molecule has 0 aliphatic rings. The first-order valence-electron chi connectivity index (χ1n) is 5.64. The molecule has 2 N–H and O–H groups in total. The molecule has 17 heavy (non-hydrogen) atoms. The highest BCUT2D eigenvalue weighted by molar-refractivity contribution is 5.85. The molecule has 0 saturated carbocycles. The lowest BCUT2D eigenvalue weighted by Crippen LogP contribution is -2.13. The van der Waals surface area contributed by atoms with Crippen LogP contribution >= 0.6 is 12.4 Å². The second kappa shape index (κ2) is 7.51. The largest absolute Gasteiger partial charge is 0.493 e. The summed E-state index contributed by atoms with van der Waals surface area (Å²) in [6.07, 6.45) is 1.87. The van der Waals surface area contributed by atoms with Crippen molar-refractivity contribution in [2.45, 2.75) is 32.7 Å². The highest BCUT2D eigenvalue weighted by atomic mass is 35.5. The van der Waals surface area contributed by atoms with Gasteiger partial charge in [0.2, 0.25) is 0 Å². The highest BCUT2D eigenvalue weighted by Gasteiger charge is 2.15. The molecule has 0 unspecified atom stereocenters. The molecule has 0 aliphatic carbocycles. The molecule has 0 amide bonds. The summed E-state index contributed by atoms with van der Waals surface area (Å²) in [5.74, 6) is 0.532. The highest BCUT2D eigenvalue weighted by Crippen LogP contribution is 2.29. The van der Waals surface area contributed by atoms with Crippen molar-refractivity contribution in [3.8, 4) is 5.75 Å². The fourth-order valence-corrected chi connectivity index (χ4v) is 1.70. The van der Waals surface area contributed by atoms with Gasteiger partial charge in [0, 0.05) is 11.6 Å². The van der Waals surface area contributed by atoms with Crippen LogP contribution in [-0.4, -0.2) is 7.11 Å². The van der Waals surface area contributed by atoms with E-state index < -0.39 is 0 Å². The Balaban J connectivity index is 0.00000256. The maximum Gasteiger partial charge on any atom is 0.165 e. The number of hydrogen-bond acceptors (Lipinski definition) is 2. The SMILES string of the molecule is COc1c(F)cccc1[C@H](N)CCC(C)C.Cl. The molecule has 4 heteroatoms. The molecule has 0 saturated heterocycles. The molecular weight excluding hydrogens is 241 g/mol. The molecule has 1 aromatic rings. The van der Waals surface area contributed by atoms with Crippen LogP contribution in [0.4, 0.5) is 4.39 Å². The first kappa shape index (κ1) is 16.2. The summed E-state index contributed by atoms with van der Waals surface area (Å²) in [5.41, 5.74) is 6.79. The minimum absolute atomic E-state index is 0. The van der Waals surface area contributed by atoms with E-state index in [0.29, 0.717) is 5.92 Å². The third-order valence-electron chi connectivity index (χ3n) is 2.66. The number of halogens is 2. The Morgan fingerprint density at radius 1 is 1.29 bits per heavy atom. The van der Waals surface area contributed by atoms with E-state index >= 15 is 0 Å². The summed E-state index contributed by atoms with van der Waals surface area (Å²) >= 11 is 0. The average molecular weight is 262 g/mol. The van der Waals surface area contributed by atoms with E-state index in [-0.39, 0.29) is 30.0 Å². The number of para-hydroxylation sites is 1. The second-order valence-corrected chi connectivity index (χ2v) is 4.44. The minimum Gasteiger partial charge on any atom is -0.493 e. The minimum atomic E-state index is -0.347. The predicted molar refractivity (Wildman–Crippen MR) is 71.2 cm³/mol. The molecule has 1 atom stereocenters. The number of methoxy groups -OCH3 is 1. The van der Waals surface area contributed by atoms with Crippen molar-refractivity contribution in [2.24, 2.45) is 11.7 Å². The number of ether oxygens (including phenoxy) is 1. The van der Waals surface area contributed by atoms with Gasteiger partial charge < -0.3 is 10.5 Å². The lowest BCUT2D eigenvalue weighted by molar-refractivity contribution is 0.374. The van der Waals surface area contributed by atoms with Gasteiger partial charge in [0.15, 0.2) is 11.6 Å². The van der Waals surface area contributed by atoms with Gasteiger partial charge in [-0.05, 0) is 24.8 Å². The summed E-state index contributed by atoms with van der Waals surface area (Å²) < 4.78 is 18.5. The van der Waals surface area contributed by atoms with Crippen LogP contribution < -0.4 is 10.5 Å². The van der Waals surface area contributed by atoms with E-state index in [1.807, 2.05) is 6.07 Å². The van der Waals surface area contributed by atoms with Crippen molar-refractivity contribution < 1.29 is 9.13 Å². The normalized spacial score (nSPS) is 12.1. The lowest BCUT2D eigenvalue weighted by Gasteiger charge is -2.16. The summed E-state index contributed by atoms with van der Waals surface area (Å²) in [6, 6.07) is 4.72. The summed E-state index contributed by atoms with van der Waals surface area (Å²) in [4.78, 5) is 0. The zero-order valence-electron chi connectivity index (χ0n) is 10.6. The Hall–Kier alpha value is -0.800. The Kier molecular flexibility index (Phi) is 7.16. The molecule has 1 aromatic carbocycles. The van der Waals surface area contributed by atoms with Crippen molar-refractivity contribution in [2.75, 3.05) is 7.11 Å². The molecule has 0 bridgehead atoms. The van der Waals surface area contributed by atoms with Crippen LogP contribution in [0.5, 0.6) is 5.75 Å². The van der Waals surface area contributed by atoms with E-state index in [9.17, 15) is 4.39 Å². The van der Waals surface area contributed by atoms with Crippen molar-refractivity contribution >= 4 is 12.4 Å². The fourth-order valence-electron chi connectivity index (χ4n) is 1.70. The van der Waals surface area contributed by atoms with E-state index in [1.54, 1.807) is 6.07 Å². The van der Waals surface area contributed by atoms with Gasteiger partial charge in [0.1, 0.15) is 0 Å². The first-order valence-corrected chi connectivity index (χ1v) is 5.64. The van der Waals surface area contributed by atoms with E-state index in [2.05, 4.69) is 13.8 Å². The Morgan fingerprint density at radius 3 is 2.47 bits per heavy atom. The average Bonchev–Trinajstić information content (AvgIpc) is 2.25. The molecule has 98 valence electrons. The van der Waals surface area contributed by atoms with Gasteiger partial charge in [0.25, 0.3) is 0 Å². The third-order valence-corrected chi connectivity index (χ3v) is 2.66. The maximum absolute atomic E-state index is 13.4. The van der Waals surface area contributed by atoms with Crippen LogP contribution in [-0.2, 0) is 0 Å². The molecule has 2 nitrogen and oxygen atoms in total. The van der Waals surface area contributed by atoms with E-state index in [4.69, 9.17) is 10.5 Å². The molecular formula is C13H21ClFNO. The monoisotopic (exact) mass is 261 g/mol. The van der Waals surface area contributed by atoms with Gasteiger partial charge in [0.05, 0.1) is 7.11 Å². The fraction of sp³-hybridized carbons (Fsp3) is 0.538. The van der Waals surface area contributed by atoms with Crippen LogP contribution in [0.2, 0.25) is 0 Å². The number of hydrogen-bond donors (Lipinski definition) is 1. The molecule has 0 radical (unpaired) electrons. The predicted octanol–water partition coefficient (Wildman–Crippen LogP) is 3.69. The van der Waals surface area contributed by atoms with Gasteiger partial charge in [-0.2, -0.15) is 0 Å². The Labute approximate surface area is 109 Å². The molecule has 0 fully saturated rings. The van der Waals surface area contributed by atoms with E-state index in [0.717, 1.165) is 18.4 Å². The van der Waals surface area contributed by atoms with Crippen molar-refractivity contribution in [1.29, 1.82) is 0 Å². The quantitative estimate of drug-likeness (QED) is 0.877. The van der Waals surface area contributed by atoms with Crippen molar-refractivity contribution in [1.82, 2.24) is 0 Å². The standard InChI is InChI=1S/C13H20FNO.ClH/c1-9(2)7-8-12(15)10-5-4-6-11(14)13(10)16-3;/h4-6,9,12H,7-8,15H2,1-3H3;1H/t12-;/m1./s1. The molecule has 0 aromatic heterocycles. The first-order chi connectivity index (χ1) is 7.56. The smallest absolute Gasteiger partial charge is 0.165 e. The number of benzene rings is 1. The van der Waals surface area contributed by atoms with Gasteiger partial charge in [-0.25, -0.2) is 4.39 Å². The lowest BCUT2D eigenvalue weighted by atomic mass is 9.97. The van der Waals surface area contributed by atoms with Crippen LogP contribution in [0, 0.1) is 11.7 Å². The van der Waals surface area contributed by atoms with Gasteiger partial charge in [-0.3, -0.25) is 0 Å². The van der Waals surface area contributed by atoms with Crippen LogP contribution in [0.15, 0.2) is 18.2 Å². The van der Waals surface area contributed by atoms with Crippen molar-refractivity contribution in [3.05, 3.63) is 29.6 Å². The Morgan fingerprint density at radius 2 is 1.94 bits per heavy atom. The van der Waals surface area contributed by atoms with Gasteiger partial charge >= 0.3 is 0 Å². The zero-order chi connectivity index (χ0) is 12.1. The maximum atomic E-state index is 13.4. The zero-order valence-corrected chi connectivity index (χ0v) is 11.4. The van der Waals surface area contributed by atoms with Gasteiger partial charge in [-0.1, -0.05) is 26.0 Å². The Bertz CT molecular complexity index is 344. The number of rotatable bonds is 5. The van der Waals surface area contributed by atoms with Crippen LogP contribution in [0.3, 0.4) is 0 Å². The summed E-state index contributed by atoms with van der Waals surface area (Å²) in [7, 11) is 1.47. The summed E-state index contributed by atoms with van der Waals surface area (Å²) in [6.45, 7) is 4.30. The molecule has 0 heterocycles. The van der Waals surface area contributed by atoms with E-state index in [1.165, 1.54) is 13.2 Å². The van der Waals surface area contributed by atoms with Crippen LogP contribution in [0.25, 0.3) is 0 Å². The van der Waals surface area contributed by atoms with Crippen LogP contribution in [0.1, 0.15) is 38.3 Å². The second-order valence-electron chi connectivity index (χ2n) is 4.44. The summed E-state index contributed by atoms with van der Waals surface area (Å²) in [5, 5.41) is 0. The molecule has 0 spiro atoms. The number of nitrogens with two attached hydrogens (primary N) is 1. The topological polar surface area (TPSA) is 35.2 Å². The van der Waals surface area contributed by atoms with Crippen molar-refractivity contribution in [3.63, 3.8) is 0 Å². The molecule has 0 aliphatic heterocycles. The van der Waals surface area contributed by atoms with Gasteiger partial charge in [-0.15, -0.1) is 12.4 Å². The third kappa shape index (κ3) is 4.52.